The smallest absolute Gasteiger partial charge is 0.227 e. The highest BCUT2D eigenvalue weighted by molar-refractivity contribution is 7.98. The quantitative estimate of drug-likeness (QED) is 0.651. The summed E-state index contributed by atoms with van der Waals surface area (Å²) < 4.78 is 0. The topological polar surface area (TPSA) is 29.1 Å². The summed E-state index contributed by atoms with van der Waals surface area (Å²) >= 11 is 1.66. The van der Waals surface area contributed by atoms with Crippen molar-refractivity contribution in [1.29, 1.82) is 0 Å². The maximum absolute atomic E-state index is 12.1. The van der Waals surface area contributed by atoms with Gasteiger partial charge in [-0.05, 0) is 37.7 Å². The molecule has 17 heavy (non-hydrogen) atoms. The lowest BCUT2D eigenvalue weighted by Gasteiger charge is -2.18. The molecule has 90 valence electrons. The highest BCUT2D eigenvalue weighted by Crippen LogP contribution is 2.26. The molecule has 1 atom stereocenters. The van der Waals surface area contributed by atoms with Gasteiger partial charge in [-0.1, -0.05) is 24.3 Å². The van der Waals surface area contributed by atoms with Crippen LogP contribution in [0.1, 0.15) is 19.3 Å². The van der Waals surface area contributed by atoms with E-state index >= 15 is 0 Å². The van der Waals surface area contributed by atoms with Crippen LogP contribution in [0.2, 0.25) is 0 Å². The first kappa shape index (κ1) is 12.2. The van der Waals surface area contributed by atoms with Crippen molar-refractivity contribution in [3.8, 4) is 0 Å². The van der Waals surface area contributed by atoms with Crippen LogP contribution in [0.25, 0.3) is 0 Å². The van der Waals surface area contributed by atoms with Gasteiger partial charge in [-0.2, -0.15) is 0 Å². The van der Waals surface area contributed by atoms with Crippen molar-refractivity contribution in [3.63, 3.8) is 0 Å². The van der Waals surface area contributed by atoms with E-state index in [0.717, 1.165) is 29.8 Å². The Bertz CT molecular complexity index is 428. The standard InChI is InChI=1S/C14H17NOS/c1-17-13-10-6-5-9-12(13)15-14(16)11-7-3-2-4-8-11/h2-3,5-6,9-11H,4,7-8H2,1H3,(H,15,16)/t11-/m1/s1. The minimum atomic E-state index is 0.134. The largest absolute Gasteiger partial charge is 0.325 e. The van der Waals surface area contributed by atoms with E-state index in [1.807, 2.05) is 30.5 Å². The minimum absolute atomic E-state index is 0.134. The van der Waals surface area contributed by atoms with Crippen LogP contribution in [0.15, 0.2) is 41.3 Å². The van der Waals surface area contributed by atoms with Gasteiger partial charge in [0.05, 0.1) is 5.69 Å². The van der Waals surface area contributed by atoms with E-state index < -0.39 is 0 Å². The van der Waals surface area contributed by atoms with Crippen molar-refractivity contribution in [1.82, 2.24) is 0 Å². The monoisotopic (exact) mass is 247 g/mol. The number of nitrogens with one attached hydrogen (secondary N) is 1. The number of allylic oxidation sites excluding steroid dienone is 2. The van der Waals surface area contributed by atoms with E-state index in [9.17, 15) is 4.79 Å². The fourth-order valence-electron chi connectivity index (χ4n) is 2.01. The van der Waals surface area contributed by atoms with Gasteiger partial charge in [0, 0.05) is 10.8 Å². The van der Waals surface area contributed by atoms with Crippen LogP contribution in [0.5, 0.6) is 0 Å². The van der Waals surface area contributed by atoms with Gasteiger partial charge in [0.1, 0.15) is 0 Å². The maximum atomic E-state index is 12.1. The summed E-state index contributed by atoms with van der Waals surface area (Å²) in [6.07, 6.45) is 9.13. The van der Waals surface area contributed by atoms with E-state index in [2.05, 4.69) is 17.5 Å². The molecule has 3 heteroatoms. The predicted molar refractivity (Wildman–Crippen MR) is 73.3 cm³/mol. The Morgan fingerprint density at radius 3 is 2.88 bits per heavy atom. The molecule has 0 aromatic heterocycles. The zero-order valence-corrected chi connectivity index (χ0v) is 10.8. The molecule has 2 rings (SSSR count). The van der Waals surface area contributed by atoms with E-state index in [1.54, 1.807) is 11.8 Å². The molecule has 0 heterocycles. The van der Waals surface area contributed by atoms with Crippen LogP contribution in [0.3, 0.4) is 0 Å². The molecule has 0 unspecified atom stereocenters. The zero-order valence-electron chi connectivity index (χ0n) is 9.98. The van der Waals surface area contributed by atoms with Crippen molar-refractivity contribution in [3.05, 3.63) is 36.4 Å². The predicted octanol–water partition coefficient (Wildman–Crippen LogP) is 3.70. The third kappa shape index (κ3) is 3.13. The molecule has 0 aliphatic heterocycles. The molecule has 1 aliphatic carbocycles. The summed E-state index contributed by atoms with van der Waals surface area (Å²) in [4.78, 5) is 13.2. The van der Waals surface area contributed by atoms with Gasteiger partial charge in [0.2, 0.25) is 5.91 Å². The Morgan fingerprint density at radius 1 is 1.35 bits per heavy atom. The third-order valence-corrected chi connectivity index (χ3v) is 3.80. The Balaban J connectivity index is 2.04. The van der Waals surface area contributed by atoms with Crippen LogP contribution in [0.4, 0.5) is 5.69 Å². The molecule has 1 amide bonds. The summed E-state index contributed by atoms with van der Waals surface area (Å²) in [5.41, 5.74) is 0.930. The molecule has 1 aliphatic rings. The summed E-state index contributed by atoms with van der Waals surface area (Å²) in [6.45, 7) is 0. The van der Waals surface area contributed by atoms with Crippen molar-refractivity contribution in [2.75, 3.05) is 11.6 Å². The normalized spacial score (nSPS) is 19.0. The van der Waals surface area contributed by atoms with Gasteiger partial charge < -0.3 is 5.32 Å². The van der Waals surface area contributed by atoms with Crippen molar-refractivity contribution in [2.45, 2.75) is 24.2 Å². The summed E-state index contributed by atoms with van der Waals surface area (Å²) in [7, 11) is 0. The van der Waals surface area contributed by atoms with Crippen molar-refractivity contribution in [2.24, 2.45) is 5.92 Å². The summed E-state index contributed by atoms with van der Waals surface area (Å²) in [5.74, 6) is 0.283. The average molecular weight is 247 g/mol. The Kier molecular flexibility index (Phi) is 4.26. The first-order valence-electron chi connectivity index (χ1n) is 5.90. The van der Waals surface area contributed by atoms with Gasteiger partial charge in [-0.3, -0.25) is 4.79 Å². The lowest BCUT2D eigenvalue weighted by atomic mass is 9.93. The Morgan fingerprint density at radius 2 is 2.18 bits per heavy atom. The van der Waals surface area contributed by atoms with E-state index in [-0.39, 0.29) is 11.8 Å². The molecule has 0 bridgehead atoms. The van der Waals surface area contributed by atoms with Crippen LogP contribution in [-0.2, 0) is 4.79 Å². The fraction of sp³-hybridized carbons (Fsp3) is 0.357. The fourth-order valence-corrected chi connectivity index (χ4v) is 2.57. The summed E-state index contributed by atoms with van der Waals surface area (Å²) in [6, 6.07) is 7.93. The van der Waals surface area contributed by atoms with E-state index in [4.69, 9.17) is 0 Å². The van der Waals surface area contributed by atoms with Crippen LogP contribution in [0, 0.1) is 5.92 Å². The number of hydrogen-bond acceptors (Lipinski definition) is 2. The minimum Gasteiger partial charge on any atom is -0.325 e. The lowest BCUT2D eigenvalue weighted by Crippen LogP contribution is -2.23. The second-order valence-corrected chi connectivity index (χ2v) is 5.02. The highest BCUT2D eigenvalue weighted by Gasteiger charge is 2.19. The second kappa shape index (κ2) is 5.92. The molecule has 1 N–H and O–H groups in total. The van der Waals surface area contributed by atoms with E-state index in [1.165, 1.54) is 0 Å². The van der Waals surface area contributed by atoms with Gasteiger partial charge in [0.15, 0.2) is 0 Å². The van der Waals surface area contributed by atoms with Gasteiger partial charge in [-0.25, -0.2) is 0 Å². The zero-order chi connectivity index (χ0) is 12.1. The molecule has 0 radical (unpaired) electrons. The van der Waals surface area contributed by atoms with Gasteiger partial charge in [-0.15, -0.1) is 11.8 Å². The molecule has 0 saturated heterocycles. The maximum Gasteiger partial charge on any atom is 0.227 e. The number of carbonyl (C=O) groups is 1. The molecule has 1 aromatic rings. The third-order valence-electron chi connectivity index (χ3n) is 3.00. The van der Waals surface area contributed by atoms with Crippen molar-refractivity contribution < 1.29 is 4.79 Å². The van der Waals surface area contributed by atoms with Crippen LogP contribution >= 0.6 is 11.8 Å². The first-order valence-corrected chi connectivity index (χ1v) is 7.12. The molecule has 0 fully saturated rings. The Labute approximate surface area is 106 Å². The number of amides is 1. The van der Waals surface area contributed by atoms with Gasteiger partial charge in [0.25, 0.3) is 0 Å². The SMILES string of the molecule is CSc1ccccc1NC(=O)[C@@H]1CC=CCC1. The van der Waals surface area contributed by atoms with Gasteiger partial charge >= 0.3 is 0 Å². The number of carbonyl (C=O) groups excluding carboxylic acids is 1. The Hall–Kier alpha value is -1.22. The van der Waals surface area contributed by atoms with Crippen LogP contribution in [-0.4, -0.2) is 12.2 Å². The first-order chi connectivity index (χ1) is 8.31. The molecule has 0 spiro atoms. The van der Waals surface area contributed by atoms with Crippen LogP contribution < -0.4 is 5.32 Å². The summed E-state index contributed by atoms with van der Waals surface area (Å²) in [5, 5.41) is 3.04. The molecule has 0 saturated carbocycles. The number of benzene rings is 1. The highest BCUT2D eigenvalue weighted by atomic mass is 32.2. The molecule has 1 aromatic carbocycles. The molecular formula is C14H17NOS. The molecular weight excluding hydrogens is 230 g/mol. The second-order valence-electron chi connectivity index (χ2n) is 4.17. The number of anilines is 1. The van der Waals surface area contributed by atoms with E-state index in [0.29, 0.717) is 0 Å². The molecule has 2 nitrogen and oxygen atoms in total. The number of thioether (sulfide) groups is 1. The lowest BCUT2D eigenvalue weighted by molar-refractivity contribution is -0.120. The van der Waals surface area contributed by atoms with Crippen molar-refractivity contribution >= 4 is 23.4 Å². The number of hydrogen-bond donors (Lipinski definition) is 1. The number of para-hydroxylation sites is 1. The average Bonchev–Trinajstić information content (AvgIpc) is 2.40. The number of rotatable bonds is 3.